The van der Waals surface area contributed by atoms with Crippen LogP contribution in [0.15, 0.2) is 44.3 Å². The van der Waals surface area contributed by atoms with Crippen LogP contribution in [0.1, 0.15) is 35.0 Å². The average molecular weight is 369 g/mol. The van der Waals surface area contributed by atoms with Crippen molar-refractivity contribution in [1.29, 1.82) is 0 Å². The normalized spacial score (nSPS) is 12.1. The van der Waals surface area contributed by atoms with Crippen LogP contribution >= 0.6 is 0 Å². The van der Waals surface area contributed by atoms with Gasteiger partial charge in [0.25, 0.3) is 5.56 Å². The number of H-pyrrole nitrogens is 1. The lowest BCUT2D eigenvalue weighted by molar-refractivity contribution is -0.140. The van der Waals surface area contributed by atoms with Gasteiger partial charge in [0.05, 0.1) is 19.4 Å². The van der Waals surface area contributed by atoms with E-state index in [0.717, 1.165) is 17.0 Å². The first kappa shape index (κ1) is 18.4. The van der Waals surface area contributed by atoms with E-state index < -0.39 is 28.6 Å². The molecule has 1 aromatic carbocycles. The number of hydrogen-bond acceptors (Lipinski definition) is 6. The minimum Gasteiger partial charge on any atom is -0.502 e. The maximum absolute atomic E-state index is 12.7. The molecule has 0 bridgehead atoms. The number of hydrogen-bond donors (Lipinski definition) is 2. The minimum atomic E-state index is -0.973. The van der Waals surface area contributed by atoms with Crippen molar-refractivity contribution in [2.75, 3.05) is 7.11 Å². The number of methoxy groups -OCH3 is 1. The van der Waals surface area contributed by atoms with Crippen molar-refractivity contribution in [2.45, 2.75) is 26.2 Å². The van der Waals surface area contributed by atoms with Crippen molar-refractivity contribution >= 4 is 16.9 Å². The Morgan fingerprint density at radius 1 is 1.22 bits per heavy atom. The molecule has 7 heteroatoms. The van der Waals surface area contributed by atoms with E-state index in [9.17, 15) is 19.5 Å². The molecule has 0 saturated heterocycles. The van der Waals surface area contributed by atoms with Gasteiger partial charge in [-0.2, -0.15) is 0 Å². The fourth-order valence-electron chi connectivity index (χ4n) is 3.05. The third-order valence-corrected chi connectivity index (χ3v) is 4.39. The Labute approximate surface area is 154 Å². The van der Waals surface area contributed by atoms with Crippen LogP contribution in [0.4, 0.5) is 0 Å². The lowest BCUT2D eigenvalue weighted by Gasteiger charge is -2.17. The summed E-state index contributed by atoms with van der Waals surface area (Å²) in [4.78, 5) is 39.4. The van der Waals surface area contributed by atoms with Crippen LogP contribution in [-0.4, -0.2) is 23.2 Å². The standard InChI is InChI=1S/C20H19NO6/c1-10-4-5-12-8-14(20(25)21-15(12)6-10)13(9-17(23)26-3)19-18(24)16(22)7-11(2)27-19/h4-8,13,24H,9H2,1-3H3,(H,21,25)/t13-/m0/s1. The first-order chi connectivity index (χ1) is 12.8. The summed E-state index contributed by atoms with van der Waals surface area (Å²) in [6.07, 6.45) is -0.267. The summed E-state index contributed by atoms with van der Waals surface area (Å²) in [5.74, 6) is -2.08. The van der Waals surface area contributed by atoms with E-state index in [0.29, 0.717) is 5.52 Å². The van der Waals surface area contributed by atoms with Gasteiger partial charge < -0.3 is 19.2 Å². The topological polar surface area (TPSA) is 110 Å². The number of aromatic hydroxyl groups is 1. The summed E-state index contributed by atoms with van der Waals surface area (Å²) < 4.78 is 10.2. The van der Waals surface area contributed by atoms with Crippen molar-refractivity contribution in [3.8, 4) is 5.75 Å². The molecule has 0 saturated carbocycles. The van der Waals surface area contributed by atoms with Crippen molar-refractivity contribution in [3.63, 3.8) is 0 Å². The lowest BCUT2D eigenvalue weighted by Crippen LogP contribution is -2.21. The van der Waals surface area contributed by atoms with Crippen molar-refractivity contribution in [2.24, 2.45) is 0 Å². The third-order valence-electron chi connectivity index (χ3n) is 4.39. The second-order valence-corrected chi connectivity index (χ2v) is 6.41. The molecule has 3 aromatic rings. The second-order valence-electron chi connectivity index (χ2n) is 6.41. The van der Waals surface area contributed by atoms with Crippen molar-refractivity contribution in [3.05, 3.63) is 73.6 Å². The van der Waals surface area contributed by atoms with E-state index in [4.69, 9.17) is 9.15 Å². The molecule has 2 N–H and O–H groups in total. The zero-order chi connectivity index (χ0) is 19.7. The van der Waals surface area contributed by atoms with E-state index in [2.05, 4.69) is 4.98 Å². The number of carbonyl (C=O) groups is 1. The SMILES string of the molecule is COC(=O)C[C@H](c1oc(C)cc(=O)c1O)c1cc2ccc(C)cc2[nH]c1=O. The van der Waals surface area contributed by atoms with Gasteiger partial charge in [0.15, 0.2) is 5.76 Å². The maximum Gasteiger partial charge on any atom is 0.306 e. The fourth-order valence-corrected chi connectivity index (χ4v) is 3.05. The summed E-state index contributed by atoms with van der Waals surface area (Å²) in [6, 6.07) is 8.33. The summed E-state index contributed by atoms with van der Waals surface area (Å²) in [6.45, 7) is 3.46. The summed E-state index contributed by atoms with van der Waals surface area (Å²) in [7, 11) is 1.22. The third kappa shape index (κ3) is 3.62. The predicted molar refractivity (Wildman–Crippen MR) is 99.2 cm³/mol. The van der Waals surface area contributed by atoms with Gasteiger partial charge in [-0.3, -0.25) is 14.4 Å². The number of benzene rings is 1. The number of rotatable bonds is 4. The summed E-state index contributed by atoms with van der Waals surface area (Å²) >= 11 is 0. The fraction of sp³-hybridized carbons (Fsp3) is 0.250. The Morgan fingerprint density at radius 2 is 1.96 bits per heavy atom. The highest BCUT2D eigenvalue weighted by molar-refractivity contribution is 5.80. The number of esters is 1. The van der Waals surface area contributed by atoms with E-state index in [-0.39, 0.29) is 23.5 Å². The Morgan fingerprint density at radius 3 is 2.67 bits per heavy atom. The van der Waals surface area contributed by atoms with Crippen LogP contribution in [0.3, 0.4) is 0 Å². The molecule has 0 aliphatic heterocycles. The quantitative estimate of drug-likeness (QED) is 0.684. The molecule has 0 unspecified atom stereocenters. The molecule has 7 nitrogen and oxygen atoms in total. The monoisotopic (exact) mass is 369 g/mol. The van der Waals surface area contributed by atoms with Gasteiger partial charge in [0.2, 0.25) is 11.2 Å². The van der Waals surface area contributed by atoms with Gasteiger partial charge in [0, 0.05) is 17.1 Å². The van der Waals surface area contributed by atoms with Crippen LogP contribution in [0.25, 0.3) is 10.9 Å². The van der Waals surface area contributed by atoms with Crippen molar-refractivity contribution in [1.82, 2.24) is 4.98 Å². The van der Waals surface area contributed by atoms with E-state index in [1.807, 2.05) is 25.1 Å². The molecule has 0 aliphatic rings. The zero-order valence-corrected chi connectivity index (χ0v) is 15.2. The average Bonchev–Trinajstić information content (AvgIpc) is 2.62. The molecule has 3 rings (SSSR count). The molecule has 0 amide bonds. The first-order valence-electron chi connectivity index (χ1n) is 8.34. The van der Waals surface area contributed by atoms with Gasteiger partial charge in [-0.25, -0.2) is 0 Å². The number of nitrogens with one attached hydrogen (secondary N) is 1. The molecular formula is C20H19NO6. The Balaban J connectivity index is 2.26. The highest BCUT2D eigenvalue weighted by atomic mass is 16.5. The number of carbonyl (C=O) groups excluding carboxylic acids is 1. The number of aromatic nitrogens is 1. The van der Waals surface area contributed by atoms with Crippen LogP contribution in [0.5, 0.6) is 5.75 Å². The Kier molecular flexibility index (Phi) is 4.85. The zero-order valence-electron chi connectivity index (χ0n) is 15.2. The van der Waals surface area contributed by atoms with Gasteiger partial charge in [-0.05, 0) is 36.9 Å². The molecule has 2 aromatic heterocycles. The van der Waals surface area contributed by atoms with Gasteiger partial charge >= 0.3 is 5.97 Å². The molecule has 140 valence electrons. The highest BCUT2D eigenvalue weighted by Crippen LogP contribution is 2.32. The number of aromatic amines is 1. The molecule has 0 fully saturated rings. The Hall–Kier alpha value is -3.35. The van der Waals surface area contributed by atoms with Crippen LogP contribution in [0.2, 0.25) is 0 Å². The number of aryl methyl sites for hydroxylation is 2. The molecular weight excluding hydrogens is 350 g/mol. The van der Waals surface area contributed by atoms with Crippen LogP contribution in [-0.2, 0) is 9.53 Å². The Bertz CT molecular complexity index is 1140. The molecule has 0 spiro atoms. The highest BCUT2D eigenvalue weighted by Gasteiger charge is 2.28. The largest absolute Gasteiger partial charge is 0.502 e. The number of fused-ring (bicyclic) bond motifs is 1. The molecule has 0 aliphatic carbocycles. The van der Waals surface area contributed by atoms with Gasteiger partial charge in [-0.15, -0.1) is 0 Å². The summed E-state index contributed by atoms with van der Waals surface area (Å²) in [5, 5.41) is 11.0. The summed E-state index contributed by atoms with van der Waals surface area (Å²) in [5.41, 5.74) is 0.748. The lowest BCUT2D eigenvalue weighted by atomic mass is 9.92. The predicted octanol–water partition coefficient (Wildman–Crippen LogP) is 2.50. The van der Waals surface area contributed by atoms with Crippen LogP contribution < -0.4 is 11.0 Å². The van der Waals surface area contributed by atoms with Crippen molar-refractivity contribution < 1.29 is 19.1 Å². The van der Waals surface area contributed by atoms with Gasteiger partial charge in [0.1, 0.15) is 5.76 Å². The molecule has 2 heterocycles. The van der Waals surface area contributed by atoms with E-state index >= 15 is 0 Å². The maximum atomic E-state index is 12.7. The second kappa shape index (κ2) is 7.11. The minimum absolute atomic E-state index is 0.137. The van der Waals surface area contributed by atoms with Crippen LogP contribution in [0, 0.1) is 13.8 Å². The molecule has 0 radical (unpaired) electrons. The van der Waals surface area contributed by atoms with Gasteiger partial charge in [-0.1, -0.05) is 12.1 Å². The molecule has 27 heavy (non-hydrogen) atoms. The van der Waals surface area contributed by atoms with E-state index in [1.165, 1.54) is 7.11 Å². The smallest absolute Gasteiger partial charge is 0.306 e. The number of pyridine rings is 1. The first-order valence-corrected chi connectivity index (χ1v) is 8.34. The molecule has 1 atom stereocenters. The number of ether oxygens (including phenoxy) is 1. The van der Waals surface area contributed by atoms with E-state index in [1.54, 1.807) is 13.0 Å².